The van der Waals surface area contributed by atoms with E-state index in [1.54, 1.807) is 23.5 Å². The lowest BCUT2D eigenvalue weighted by Crippen LogP contribution is -2.05. The van der Waals surface area contributed by atoms with Crippen LogP contribution >= 0.6 is 0 Å². The molecule has 0 aliphatic rings. The van der Waals surface area contributed by atoms with E-state index in [1.807, 2.05) is 16.7 Å². The maximum Gasteiger partial charge on any atom is 0.203 e. The van der Waals surface area contributed by atoms with Gasteiger partial charge in [-0.1, -0.05) is 24.3 Å². The third-order valence-electron chi connectivity index (χ3n) is 3.48. The van der Waals surface area contributed by atoms with Crippen molar-refractivity contribution >= 4 is 11.5 Å². The summed E-state index contributed by atoms with van der Waals surface area (Å²) in [5.41, 5.74) is 3.04. The molecule has 0 radical (unpaired) electrons. The summed E-state index contributed by atoms with van der Waals surface area (Å²) in [6.07, 6.45) is 8.44. The molecule has 4 aromatic rings. The largest absolute Gasteiger partial charge is 0.363 e. The van der Waals surface area contributed by atoms with Crippen LogP contribution in [0.1, 0.15) is 11.1 Å². The molecule has 0 amide bonds. The molecule has 8 nitrogen and oxygen atoms in total. The van der Waals surface area contributed by atoms with Crippen LogP contribution in [0.2, 0.25) is 0 Å². The second kappa shape index (κ2) is 5.84. The van der Waals surface area contributed by atoms with E-state index < -0.39 is 0 Å². The van der Waals surface area contributed by atoms with Crippen LogP contribution in [-0.4, -0.2) is 34.3 Å². The van der Waals surface area contributed by atoms with E-state index in [0.29, 0.717) is 24.6 Å². The van der Waals surface area contributed by atoms with Crippen molar-refractivity contribution < 1.29 is 0 Å². The fraction of sp³-hybridized carbons (Fsp3) is 0.133. The van der Waals surface area contributed by atoms with Crippen molar-refractivity contribution in [3.05, 3.63) is 66.8 Å². The summed E-state index contributed by atoms with van der Waals surface area (Å²) in [5.74, 6) is 0.715. The van der Waals surface area contributed by atoms with Gasteiger partial charge in [0.15, 0.2) is 5.82 Å². The Morgan fingerprint density at radius 3 is 3.00 bits per heavy atom. The van der Waals surface area contributed by atoms with Crippen molar-refractivity contribution in [1.82, 2.24) is 34.3 Å². The van der Waals surface area contributed by atoms with Crippen LogP contribution in [-0.2, 0) is 13.1 Å². The van der Waals surface area contributed by atoms with Gasteiger partial charge in [-0.15, -0.1) is 10.2 Å². The Kier molecular flexibility index (Phi) is 3.39. The summed E-state index contributed by atoms with van der Waals surface area (Å²) >= 11 is 0. The number of benzene rings is 1. The van der Waals surface area contributed by atoms with E-state index in [0.717, 1.165) is 5.56 Å². The molecule has 0 atom stereocenters. The zero-order valence-electron chi connectivity index (χ0n) is 12.2. The van der Waals surface area contributed by atoms with Gasteiger partial charge in [-0.05, 0) is 11.1 Å². The number of fused-ring (bicyclic) bond motifs is 1. The van der Waals surface area contributed by atoms with Crippen molar-refractivity contribution in [3.8, 4) is 0 Å². The zero-order valence-corrected chi connectivity index (χ0v) is 12.2. The standard InChI is InChI=1S/C15H14N8/c1-2-12(6-13(3-1)8-23-10-16-9-20-23)7-18-14-15-21-19-11-22(15)5-4-17-14/h1-6,9-11H,7-8H2,(H,17,18). The average Bonchev–Trinajstić information content (AvgIpc) is 3.24. The quantitative estimate of drug-likeness (QED) is 0.599. The Hall–Kier alpha value is -3.29. The number of hydrogen-bond acceptors (Lipinski definition) is 6. The van der Waals surface area contributed by atoms with E-state index in [4.69, 9.17) is 0 Å². The van der Waals surface area contributed by atoms with Gasteiger partial charge in [-0.3, -0.25) is 4.40 Å². The minimum absolute atomic E-state index is 0.657. The minimum Gasteiger partial charge on any atom is -0.363 e. The van der Waals surface area contributed by atoms with Crippen LogP contribution in [0.5, 0.6) is 0 Å². The summed E-state index contributed by atoms with van der Waals surface area (Å²) in [6.45, 7) is 1.36. The second-order valence-corrected chi connectivity index (χ2v) is 5.10. The lowest BCUT2D eigenvalue weighted by Gasteiger charge is -2.08. The highest BCUT2D eigenvalue weighted by molar-refractivity contribution is 5.61. The Morgan fingerprint density at radius 2 is 2.09 bits per heavy atom. The molecule has 0 fully saturated rings. The fourth-order valence-electron chi connectivity index (χ4n) is 2.41. The molecule has 23 heavy (non-hydrogen) atoms. The SMILES string of the molecule is c1cc(CNc2nccn3cnnc23)cc(Cn2cncn2)c1. The van der Waals surface area contributed by atoms with E-state index in [9.17, 15) is 0 Å². The Morgan fingerprint density at radius 1 is 1.13 bits per heavy atom. The molecule has 8 heteroatoms. The summed E-state index contributed by atoms with van der Waals surface area (Å²) in [5, 5.41) is 15.4. The van der Waals surface area contributed by atoms with E-state index in [1.165, 1.54) is 11.9 Å². The van der Waals surface area contributed by atoms with Crippen molar-refractivity contribution in [2.75, 3.05) is 5.32 Å². The van der Waals surface area contributed by atoms with Crippen LogP contribution in [0, 0.1) is 0 Å². The third-order valence-corrected chi connectivity index (χ3v) is 3.48. The molecule has 0 spiro atoms. The maximum atomic E-state index is 4.32. The molecule has 0 aliphatic carbocycles. The third kappa shape index (κ3) is 2.86. The Balaban J connectivity index is 1.49. The molecule has 0 bridgehead atoms. The average molecular weight is 306 g/mol. The molecular weight excluding hydrogens is 292 g/mol. The van der Waals surface area contributed by atoms with Gasteiger partial charge in [0.2, 0.25) is 5.65 Å². The first kappa shape index (κ1) is 13.4. The van der Waals surface area contributed by atoms with E-state index in [2.05, 4.69) is 48.8 Å². The second-order valence-electron chi connectivity index (χ2n) is 5.10. The van der Waals surface area contributed by atoms with Crippen molar-refractivity contribution in [3.63, 3.8) is 0 Å². The molecule has 0 saturated carbocycles. The number of anilines is 1. The molecule has 1 N–H and O–H groups in total. The summed E-state index contributed by atoms with van der Waals surface area (Å²) in [6, 6.07) is 8.32. The summed E-state index contributed by atoms with van der Waals surface area (Å²) < 4.78 is 3.63. The van der Waals surface area contributed by atoms with Crippen molar-refractivity contribution in [2.24, 2.45) is 0 Å². The smallest absolute Gasteiger partial charge is 0.203 e. The summed E-state index contributed by atoms with van der Waals surface area (Å²) in [7, 11) is 0. The molecule has 3 heterocycles. The van der Waals surface area contributed by atoms with Gasteiger partial charge in [0, 0.05) is 18.9 Å². The number of nitrogens with zero attached hydrogens (tertiary/aromatic N) is 7. The van der Waals surface area contributed by atoms with E-state index >= 15 is 0 Å². The highest BCUT2D eigenvalue weighted by Crippen LogP contribution is 2.13. The Bertz CT molecular complexity index is 912. The van der Waals surface area contributed by atoms with E-state index in [-0.39, 0.29) is 0 Å². The topological polar surface area (TPSA) is 85.8 Å². The number of hydrogen-bond donors (Lipinski definition) is 1. The first-order chi connectivity index (χ1) is 11.4. The monoisotopic (exact) mass is 306 g/mol. The van der Waals surface area contributed by atoms with Crippen LogP contribution in [0.25, 0.3) is 5.65 Å². The normalized spacial score (nSPS) is 11.0. The maximum absolute atomic E-state index is 4.32. The van der Waals surface area contributed by atoms with Gasteiger partial charge in [0.25, 0.3) is 0 Å². The highest BCUT2D eigenvalue weighted by Gasteiger charge is 2.05. The first-order valence-corrected chi connectivity index (χ1v) is 7.17. The minimum atomic E-state index is 0.657. The molecule has 0 unspecified atom stereocenters. The number of nitrogens with one attached hydrogen (secondary N) is 1. The molecule has 1 aromatic carbocycles. The lowest BCUT2D eigenvalue weighted by molar-refractivity contribution is 0.684. The van der Waals surface area contributed by atoms with Gasteiger partial charge in [-0.2, -0.15) is 5.10 Å². The van der Waals surface area contributed by atoms with Crippen molar-refractivity contribution in [2.45, 2.75) is 13.1 Å². The van der Waals surface area contributed by atoms with Gasteiger partial charge >= 0.3 is 0 Å². The van der Waals surface area contributed by atoms with Crippen LogP contribution in [0.3, 0.4) is 0 Å². The fourth-order valence-corrected chi connectivity index (χ4v) is 2.41. The molecule has 3 aromatic heterocycles. The predicted octanol–water partition coefficient (Wildman–Crippen LogP) is 1.38. The van der Waals surface area contributed by atoms with Gasteiger partial charge in [0.05, 0.1) is 6.54 Å². The van der Waals surface area contributed by atoms with Gasteiger partial charge in [0.1, 0.15) is 19.0 Å². The zero-order chi connectivity index (χ0) is 15.5. The lowest BCUT2D eigenvalue weighted by atomic mass is 10.1. The predicted molar refractivity (Wildman–Crippen MR) is 83.7 cm³/mol. The number of aromatic nitrogens is 7. The van der Waals surface area contributed by atoms with Crippen molar-refractivity contribution in [1.29, 1.82) is 0 Å². The van der Waals surface area contributed by atoms with Gasteiger partial charge < -0.3 is 5.32 Å². The van der Waals surface area contributed by atoms with Crippen LogP contribution < -0.4 is 5.32 Å². The molecular formula is C15H14N8. The van der Waals surface area contributed by atoms with Crippen LogP contribution in [0.15, 0.2) is 55.6 Å². The van der Waals surface area contributed by atoms with Crippen LogP contribution in [0.4, 0.5) is 5.82 Å². The number of rotatable bonds is 5. The van der Waals surface area contributed by atoms with Gasteiger partial charge in [-0.25, -0.2) is 14.6 Å². The Labute approximate surface area is 131 Å². The molecule has 0 aliphatic heterocycles. The molecule has 114 valence electrons. The highest BCUT2D eigenvalue weighted by atomic mass is 15.3. The molecule has 0 saturated heterocycles. The summed E-state index contributed by atoms with van der Waals surface area (Å²) in [4.78, 5) is 8.28. The molecule has 4 rings (SSSR count). The first-order valence-electron chi connectivity index (χ1n) is 7.17.